The Kier molecular flexibility index (Phi) is 5.77. The van der Waals surface area contributed by atoms with Gasteiger partial charge in [-0.2, -0.15) is 0 Å². The predicted octanol–water partition coefficient (Wildman–Crippen LogP) is 3.51. The van der Waals surface area contributed by atoms with Gasteiger partial charge in [-0.1, -0.05) is 19.9 Å². The largest absolute Gasteiger partial charge is 0.427 e. The molecule has 0 aromatic heterocycles. The summed E-state index contributed by atoms with van der Waals surface area (Å²) >= 11 is 0. The van der Waals surface area contributed by atoms with Crippen LogP contribution in [0.15, 0.2) is 42.5 Å². The van der Waals surface area contributed by atoms with E-state index >= 15 is 0 Å². The first-order chi connectivity index (χ1) is 13.8. The van der Waals surface area contributed by atoms with Gasteiger partial charge in [-0.3, -0.25) is 24.1 Å². The molecule has 1 heterocycles. The van der Waals surface area contributed by atoms with Crippen LogP contribution in [0.1, 0.15) is 58.3 Å². The second-order valence-corrected chi connectivity index (χ2v) is 7.28. The summed E-state index contributed by atoms with van der Waals surface area (Å²) in [5.41, 5.74) is 1.25. The molecule has 1 aliphatic heterocycles. The van der Waals surface area contributed by atoms with Crippen molar-refractivity contribution >= 4 is 29.4 Å². The van der Waals surface area contributed by atoms with Gasteiger partial charge >= 0.3 is 5.97 Å². The second kappa shape index (κ2) is 8.26. The Morgan fingerprint density at radius 2 is 1.76 bits per heavy atom. The number of imide groups is 1. The van der Waals surface area contributed by atoms with E-state index in [9.17, 15) is 19.2 Å². The van der Waals surface area contributed by atoms with Crippen molar-refractivity contribution in [2.75, 3.05) is 11.9 Å². The smallest absolute Gasteiger partial charge is 0.308 e. The average Bonchev–Trinajstić information content (AvgIpc) is 2.89. The van der Waals surface area contributed by atoms with Gasteiger partial charge in [0.05, 0.1) is 11.1 Å². The van der Waals surface area contributed by atoms with Crippen molar-refractivity contribution in [3.8, 4) is 5.75 Å². The Morgan fingerprint density at radius 1 is 1.03 bits per heavy atom. The zero-order chi connectivity index (χ0) is 21.1. The number of esters is 1. The highest BCUT2D eigenvalue weighted by Crippen LogP contribution is 2.25. The summed E-state index contributed by atoms with van der Waals surface area (Å²) in [4.78, 5) is 50.0. The molecule has 2 aromatic carbocycles. The number of carbonyl (C=O) groups is 4. The summed E-state index contributed by atoms with van der Waals surface area (Å²) in [6.07, 6.45) is 0.720. The van der Waals surface area contributed by atoms with E-state index in [2.05, 4.69) is 5.32 Å². The highest BCUT2D eigenvalue weighted by Gasteiger charge is 2.35. The number of amides is 3. The normalized spacial score (nSPS) is 12.9. The minimum atomic E-state index is -0.461. The fourth-order valence-corrected chi connectivity index (χ4v) is 3.03. The average molecular weight is 394 g/mol. The molecule has 1 N–H and O–H groups in total. The molecule has 150 valence electrons. The highest BCUT2D eigenvalue weighted by atomic mass is 16.5. The van der Waals surface area contributed by atoms with Gasteiger partial charge in [-0.05, 0) is 42.7 Å². The van der Waals surface area contributed by atoms with E-state index in [1.54, 1.807) is 18.2 Å². The maximum atomic E-state index is 12.6. The number of hydrogen-bond donors (Lipinski definition) is 1. The summed E-state index contributed by atoms with van der Waals surface area (Å²) in [6, 6.07) is 10.9. The Labute approximate surface area is 168 Å². The van der Waals surface area contributed by atoms with Crippen LogP contribution in [0.25, 0.3) is 0 Å². The Balaban J connectivity index is 1.77. The van der Waals surface area contributed by atoms with E-state index in [0.717, 1.165) is 6.42 Å². The van der Waals surface area contributed by atoms with Crippen molar-refractivity contribution in [3.05, 3.63) is 59.2 Å². The fraction of sp³-hybridized carbons (Fsp3) is 0.273. The second-order valence-electron chi connectivity index (χ2n) is 7.28. The van der Waals surface area contributed by atoms with Crippen LogP contribution in [-0.2, 0) is 4.79 Å². The van der Waals surface area contributed by atoms with Crippen molar-refractivity contribution in [1.82, 2.24) is 4.90 Å². The molecular weight excluding hydrogens is 372 g/mol. The van der Waals surface area contributed by atoms with Crippen LogP contribution in [0, 0.1) is 5.92 Å². The molecule has 0 unspecified atom stereocenters. The quantitative estimate of drug-likeness (QED) is 0.460. The van der Waals surface area contributed by atoms with E-state index in [1.165, 1.54) is 36.1 Å². The van der Waals surface area contributed by atoms with Gasteiger partial charge in [-0.15, -0.1) is 0 Å². The van der Waals surface area contributed by atoms with Crippen molar-refractivity contribution in [2.24, 2.45) is 5.92 Å². The lowest BCUT2D eigenvalue weighted by Gasteiger charge is -2.14. The zero-order valence-corrected chi connectivity index (χ0v) is 16.5. The number of ether oxygens (including phenoxy) is 1. The maximum absolute atomic E-state index is 12.6. The first-order valence-electron chi connectivity index (χ1n) is 9.36. The number of rotatable bonds is 6. The third-order valence-electron chi connectivity index (χ3n) is 4.52. The van der Waals surface area contributed by atoms with Gasteiger partial charge in [0.25, 0.3) is 17.7 Å². The number of carbonyl (C=O) groups excluding carboxylic acids is 4. The van der Waals surface area contributed by atoms with E-state index in [0.29, 0.717) is 29.5 Å². The standard InChI is InChI=1S/C22H22N2O5/c1-13(2)9-10-24-21(27)18-8-7-15(11-19(18)22(24)28)20(26)23-16-5-4-6-17(12-16)29-14(3)25/h4-8,11-13H,9-10H2,1-3H3,(H,23,26). The van der Waals surface area contributed by atoms with E-state index in [4.69, 9.17) is 4.74 Å². The lowest BCUT2D eigenvalue weighted by atomic mass is 10.1. The van der Waals surface area contributed by atoms with Crippen molar-refractivity contribution in [3.63, 3.8) is 0 Å². The highest BCUT2D eigenvalue weighted by molar-refractivity contribution is 6.22. The molecule has 0 aliphatic carbocycles. The van der Waals surface area contributed by atoms with E-state index in [1.807, 2.05) is 13.8 Å². The Hall–Kier alpha value is -3.48. The molecule has 2 aromatic rings. The fourth-order valence-electron chi connectivity index (χ4n) is 3.03. The lowest BCUT2D eigenvalue weighted by Crippen LogP contribution is -2.31. The van der Waals surface area contributed by atoms with Gasteiger partial charge in [0, 0.05) is 30.8 Å². The minimum absolute atomic E-state index is 0.236. The molecule has 3 amide bonds. The summed E-state index contributed by atoms with van der Waals surface area (Å²) in [5.74, 6) is -0.927. The number of nitrogens with one attached hydrogen (secondary N) is 1. The molecule has 3 rings (SSSR count). The summed E-state index contributed by atoms with van der Waals surface area (Å²) in [5, 5.41) is 2.70. The maximum Gasteiger partial charge on any atom is 0.308 e. The molecule has 7 nitrogen and oxygen atoms in total. The zero-order valence-electron chi connectivity index (χ0n) is 16.5. The van der Waals surface area contributed by atoms with E-state index in [-0.39, 0.29) is 22.9 Å². The number of anilines is 1. The molecule has 7 heteroatoms. The third-order valence-corrected chi connectivity index (χ3v) is 4.52. The van der Waals surface area contributed by atoms with Gasteiger partial charge in [0.15, 0.2) is 0 Å². The summed E-state index contributed by atoms with van der Waals surface area (Å²) in [6.45, 7) is 5.70. The molecule has 0 atom stereocenters. The first kappa shape index (κ1) is 20.3. The molecule has 0 saturated carbocycles. The van der Waals surface area contributed by atoms with Crippen LogP contribution in [0.3, 0.4) is 0 Å². The molecule has 1 aliphatic rings. The SMILES string of the molecule is CC(=O)Oc1cccc(NC(=O)c2ccc3c(c2)C(=O)N(CCC(C)C)C3=O)c1. The van der Waals surface area contributed by atoms with Gasteiger partial charge < -0.3 is 10.1 Å². The van der Waals surface area contributed by atoms with Crippen LogP contribution in [0.5, 0.6) is 5.75 Å². The molecule has 0 bridgehead atoms. The molecule has 29 heavy (non-hydrogen) atoms. The number of fused-ring (bicyclic) bond motifs is 1. The van der Waals surface area contributed by atoms with Crippen LogP contribution in [-0.4, -0.2) is 35.1 Å². The Morgan fingerprint density at radius 3 is 2.45 bits per heavy atom. The number of hydrogen-bond acceptors (Lipinski definition) is 5. The van der Waals surface area contributed by atoms with Gasteiger partial charge in [-0.25, -0.2) is 0 Å². The minimum Gasteiger partial charge on any atom is -0.427 e. The van der Waals surface area contributed by atoms with Crippen molar-refractivity contribution in [2.45, 2.75) is 27.2 Å². The van der Waals surface area contributed by atoms with Crippen LogP contribution >= 0.6 is 0 Å². The molecule has 0 spiro atoms. The van der Waals surface area contributed by atoms with Crippen LogP contribution in [0.4, 0.5) is 5.69 Å². The molecule has 0 saturated heterocycles. The third kappa shape index (κ3) is 4.51. The van der Waals surface area contributed by atoms with E-state index < -0.39 is 11.9 Å². The molecule has 0 fully saturated rings. The van der Waals surface area contributed by atoms with Gasteiger partial charge in [0.2, 0.25) is 0 Å². The first-order valence-corrected chi connectivity index (χ1v) is 9.36. The van der Waals surface area contributed by atoms with Gasteiger partial charge in [0.1, 0.15) is 5.75 Å². The number of nitrogens with zero attached hydrogens (tertiary/aromatic N) is 1. The van der Waals surface area contributed by atoms with Crippen LogP contribution < -0.4 is 10.1 Å². The van der Waals surface area contributed by atoms with Crippen LogP contribution in [0.2, 0.25) is 0 Å². The summed E-state index contributed by atoms with van der Waals surface area (Å²) in [7, 11) is 0. The van der Waals surface area contributed by atoms with Crippen molar-refractivity contribution < 1.29 is 23.9 Å². The monoisotopic (exact) mass is 394 g/mol. The number of benzene rings is 2. The summed E-state index contributed by atoms with van der Waals surface area (Å²) < 4.78 is 5.00. The lowest BCUT2D eigenvalue weighted by molar-refractivity contribution is -0.131. The molecule has 0 radical (unpaired) electrons. The van der Waals surface area contributed by atoms with Crippen molar-refractivity contribution in [1.29, 1.82) is 0 Å². The molecular formula is C22H22N2O5. The predicted molar refractivity (Wildman–Crippen MR) is 107 cm³/mol. The Bertz CT molecular complexity index is 996. The topological polar surface area (TPSA) is 92.8 Å².